The van der Waals surface area contributed by atoms with E-state index >= 15 is 0 Å². The molecule has 3 saturated carbocycles. The van der Waals surface area contributed by atoms with E-state index in [-0.39, 0.29) is 5.41 Å². The molecule has 0 radical (unpaired) electrons. The maximum atomic E-state index is 12.5. The number of carbonyl (C=O) groups excluding carboxylic acids is 1. The fraction of sp³-hybridized carbons (Fsp3) is 0.818. The zero-order valence-corrected chi connectivity index (χ0v) is 16.4. The third kappa shape index (κ3) is 2.76. The fourth-order valence-electron chi connectivity index (χ4n) is 6.87. The zero-order valence-electron chi connectivity index (χ0n) is 16.4. The summed E-state index contributed by atoms with van der Waals surface area (Å²) in [6.45, 7) is 5.77. The van der Waals surface area contributed by atoms with Crippen LogP contribution in [0.25, 0.3) is 0 Å². The summed E-state index contributed by atoms with van der Waals surface area (Å²) in [4.78, 5) is 17.7. The van der Waals surface area contributed by atoms with Gasteiger partial charge >= 0.3 is 0 Å². The Hall–Kier alpha value is -1.16. The Balaban J connectivity index is 1.52. The van der Waals surface area contributed by atoms with E-state index in [2.05, 4.69) is 25.1 Å². The molecule has 0 aromatic rings. The van der Waals surface area contributed by atoms with Crippen molar-refractivity contribution in [2.45, 2.75) is 65.2 Å². The molecule has 0 aromatic carbocycles. The third-order valence-corrected chi connectivity index (χ3v) is 8.39. The van der Waals surface area contributed by atoms with Crippen LogP contribution < -0.4 is 5.73 Å². The molecule has 0 aromatic heterocycles. The van der Waals surface area contributed by atoms with Crippen LogP contribution in [-0.4, -0.2) is 25.1 Å². The number of nitrogens with zero attached hydrogens (tertiary/aromatic N) is 1. The molecule has 0 bridgehead atoms. The topological polar surface area (TPSA) is 64.7 Å². The number of carbonyl (C=O) groups is 1. The fourth-order valence-corrected chi connectivity index (χ4v) is 6.87. The third-order valence-electron chi connectivity index (χ3n) is 8.39. The smallest absolute Gasteiger partial charge is 0.139 e. The number of Topliss-reactive ketones (excluding diaryl/α,β-unsaturated/α-hetero) is 1. The van der Waals surface area contributed by atoms with Gasteiger partial charge in [0.05, 0.1) is 6.21 Å². The molecule has 0 saturated heterocycles. The molecular formula is C22H34N2O2. The van der Waals surface area contributed by atoms with Gasteiger partial charge < -0.3 is 10.6 Å². The summed E-state index contributed by atoms with van der Waals surface area (Å²) in [5.74, 6) is 3.09. The van der Waals surface area contributed by atoms with Crippen molar-refractivity contribution < 1.29 is 9.63 Å². The lowest BCUT2D eigenvalue weighted by atomic mass is 9.47. The van der Waals surface area contributed by atoms with Gasteiger partial charge in [0.25, 0.3) is 0 Å². The van der Waals surface area contributed by atoms with Crippen LogP contribution in [0.2, 0.25) is 0 Å². The number of hydrogen-bond acceptors (Lipinski definition) is 4. The van der Waals surface area contributed by atoms with Crippen molar-refractivity contribution in [1.82, 2.24) is 0 Å². The van der Waals surface area contributed by atoms with Gasteiger partial charge in [-0.2, -0.15) is 0 Å². The van der Waals surface area contributed by atoms with Gasteiger partial charge in [0.2, 0.25) is 0 Å². The van der Waals surface area contributed by atoms with Crippen molar-refractivity contribution in [2.24, 2.45) is 45.4 Å². The molecule has 26 heavy (non-hydrogen) atoms. The summed E-state index contributed by atoms with van der Waals surface area (Å²) in [7, 11) is 0. The highest BCUT2D eigenvalue weighted by atomic mass is 16.6. The van der Waals surface area contributed by atoms with Gasteiger partial charge in [-0.05, 0) is 68.1 Å². The van der Waals surface area contributed by atoms with Crippen molar-refractivity contribution in [3.63, 3.8) is 0 Å². The summed E-state index contributed by atoms with van der Waals surface area (Å²) in [5.41, 5.74) is 7.40. The lowest BCUT2D eigenvalue weighted by Crippen LogP contribution is -2.50. The van der Waals surface area contributed by atoms with Crippen LogP contribution in [0.4, 0.5) is 0 Å². The second-order valence-electron chi connectivity index (χ2n) is 9.52. The van der Waals surface area contributed by atoms with Gasteiger partial charge in [0, 0.05) is 24.3 Å². The first-order chi connectivity index (χ1) is 12.5. The first-order valence-corrected chi connectivity index (χ1v) is 10.6. The minimum Gasteiger partial charge on any atom is -0.395 e. The van der Waals surface area contributed by atoms with Crippen molar-refractivity contribution in [3.8, 4) is 0 Å². The monoisotopic (exact) mass is 358 g/mol. The highest BCUT2D eigenvalue weighted by Crippen LogP contribution is 2.64. The van der Waals surface area contributed by atoms with Gasteiger partial charge in [0.15, 0.2) is 0 Å². The Bertz CT molecular complexity index is 628. The van der Waals surface area contributed by atoms with Gasteiger partial charge in [0.1, 0.15) is 12.4 Å². The molecular weight excluding hydrogens is 324 g/mol. The lowest BCUT2D eigenvalue weighted by molar-refractivity contribution is -0.132. The van der Waals surface area contributed by atoms with E-state index in [4.69, 9.17) is 10.6 Å². The predicted molar refractivity (Wildman–Crippen MR) is 104 cm³/mol. The van der Waals surface area contributed by atoms with E-state index in [1.165, 1.54) is 25.7 Å². The molecule has 3 unspecified atom stereocenters. The molecule has 4 aliphatic carbocycles. The molecule has 3 fully saturated rings. The Morgan fingerprint density at radius 2 is 1.92 bits per heavy atom. The number of ketones is 1. The number of fused-ring (bicyclic) bond motifs is 5. The number of oxime groups is 1. The van der Waals surface area contributed by atoms with Crippen LogP contribution >= 0.6 is 0 Å². The average Bonchev–Trinajstić information content (AvgIpc) is 2.94. The number of rotatable bonds is 4. The normalized spacial score (nSPS) is 45.0. The SMILES string of the molecule is C[C@]12CC[C@H](/C=N/OCCN)C=C1CCC1C2CC[C@]2(C)C(=O)CCC12. The van der Waals surface area contributed by atoms with E-state index in [1.807, 2.05) is 6.21 Å². The van der Waals surface area contributed by atoms with E-state index in [9.17, 15) is 4.79 Å². The van der Waals surface area contributed by atoms with Crippen molar-refractivity contribution in [2.75, 3.05) is 13.2 Å². The van der Waals surface area contributed by atoms with E-state index < -0.39 is 0 Å². The van der Waals surface area contributed by atoms with Crippen LogP contribution in [-0.2, 0) is 9.63 Å². The largest absolute Gasteiger partial charge is 0.395 e. The second kappa shape index (κ2) is 6.78. The second-order valence-corrected chi connectivity index (χ2v) is 9.52. The first kappa shape index (κ1) is 18.2. The number of hydrogen-bond donors (Lipinski definition) is 1. The highest BCUT2D eigenvalue weighted by molar-refractivity contribution is 5.87. The van der Waals surface area contributed by atoms with E-state index in [0.29, 0.717) is 36.2 Å². The van der Waals surface area contributed by atoms with Crippen LogP contribution in [0.3, 0.4) is 0 Å². The molecule has 0 spiro atoms. The standard InChI is InChI=1S/C22H34N2O2/c1-21-9-7-15(14-24-26-12-11-23)13-16(21)3-4-17-18-5-6-20(25)22(18,2)10-8-19(17)21/h13-15,17-19H,3-12,23H2,1-2H3/b24-14+/t15-,17?,18?,19?,21-,22-/m0/s1. The van der Waals surface area contributed by atoms with Gasteiger partial charge in [-0.1, -0.05) is 30.7 Å². The zero-order chi connectivity index (χ0) is 18.4. The van der Waals surface area contributed by atoms with Gasteiger partial charge in [-0.15, -0.1) is 0 Å². The molecule has 144 valence electrons. The minimum atomic E-state index is -0.0110. The summed E-state index contributed by atoms with van der Waals surface area (Å²) in [5, 5.41) is 4.10. The van der Waals surface area contributed by atoms with Crippen LogP contribution in [0.5, 0.6) is 0 Å². The molecule has 4 heteroatoms. The Labute approximate surface area is 157 Å². The van der Waals surface area contributed by atoms with E-state index in [0.717, 1.165) is 37.5 Å². The molecule has 6 atom stereocenters. The Morgan fingerprint density at radius 3 is 2.73 bits per heavy atom. The van der Waals surface area contributed by atoms with Crippen molar-refractivity contribution in [1.29, 1.82) is 0 Å². The minimum absolute atomic E-state index is 0.0110. The van der Waals surface area contributed by atoms with Crippen LogP contribution in [0.15, 0.2) is 16.8 Å². The summed E-state index contributed by atoms with van der Waals surface area (Å²) in [6.07, 6.45) is 13.6. The Morgan fingerprint density at radius 1 is 1.15 bits per heavy atom. The van der Waals surface area contributed by atoms with Crippen LogP contribution in [0, 0.1) is 34.5 Å². The molecule has 0 aliphatic heterocycles. The van der Waals surface area contributed by atoms with E-state index in [1.54, 1.807) is 5.57 Å². The number of allylic oxidation sites excluding steroid dienone is 2. The maximum Gasteiger partial charge on any atom is 0.139 e. The maximum absolute atomic E-state index is 12.5. The van der Waals surface area contributed by atoms with Crippen molar-refractivity contribution >= 4 is 12.0 Å². The van der Waals surface area contributed by atoms with Gasteiger partial charge in [-0.25, -0.2) is 0 Å². The molecule has 2 N–H and O–H groups in total. The van der Waals surface area contributed by atoms with Gasteiger partial charge in [-0.3, -0.25) is 4.79 Å². The molecule has 0 amide bonds. The Kier molecular flexibility index (Phi) is 4.75. The summed E-state index contributed by atoms with van der Waals surface area (Å²) >= 11 is 0. The van der Waals surface area contributed by atoms with Crippen LogP contribution in [0.1, 0.15) is 65.2 Å². The molecule has 4 nitrogen and oxygen atoms in total. The first-order valence-electron chi connectivity index (χ1n) is 10.6. The predicted octanol–water partition coefficient (Wildman–Crippen LogP) is 4.10. The summed E-state index contributed by atoms with van der Waals surface area (Å²) in [6, 6.07) is 0. The number of nitrogens with two attached hydrogens (primary N) is 1. The summed E-state index contributed by atoms with van der Waals surface area (Å²) < 4.78 is 0. The molecule has 0 heterocycles. The average molecular weight is 359 g/mol. The highest BCUT2D eigenvalue weighted by Gasteiger charge is 2.58. The molecule has 4 aliphatic rings. The van der Waals surface area contributed by atoms with Crippen molar-refractivity contribution in [3.05, 3.63) is 11.6 Å². The quantitative estimate of drug-likeness (QED) is 0.356. The lowest BCUT2D eigenvalue weighted by Gasteiger charge is -2.57. The molecule has 4 rings (SSSR count).